The largest absolute Gasteiger partial charge is 0.294 e. The van der Waals surface area contributed by atoms with Gasteiger partial charge in [0.05, 0.1) is 11.1 Å². The lowest BCUT2D eigenvalue weighted by atomic mass is 10.1. The standard InChI is InChI=1S/C9H6F4O/c1-4(14)6-2-5(10)3-7(8(6)11)9(12)13/h2-3,9H,1H3. The summed E-state index contributed by atoms with van der Waals surface area (Å²) in [6.07, 6.45) is -3.14. The highest BCUT2D eigenvalue weighted by atomic mass is 19.3. The third kappa shape index (κ3) is 1.92. The van der Waals surface area contributed by atoms with Gasteiger partial charge >= 0.3 is 0 Å². The molecule has 0 radical (unpaired) electrons. The van der Waals surface area contributed by atoms with Crippen LogP contribution in [0.2, 0.25) is 0 Å². The molecule has 0 aliphatic heterocycles. The third-order valence-corrected chi connectivity index (χ3v) is 1.68. The molecular formula is C9H6F4O. The summed E-state index contributed by atoms with van der Waals surface area (Å²) in [6.45, 7) is 0.979. The molecule has 5 heteroatoms. The molecule has 0 saturated heterocycles. The first-order chi connectivity index (χ1) is 6.43. The van der Waals surface area contributed by atoms with Crippen molar-refractivity contribution >= 4 is 5.78 Å². The fourth-order valence-electron chi connectivity index (χ4n) is 1.03. The normalized spacial score (nSPS) is 10.7. The topological polar surface area (TPSA) is 17.1 Å². The maximum atomic E-state index is 13.1. The van der Waals surface area contributed by atoms with Crippen LogP contribution < -0.4 is 0 Å². The van der Waals surface area contributed by atoms with E-state index in [1.165, 1.54) is 0 Å². The fraction of sp³-hybridized carbons (Fsp3) is 0.222. The van der Waals surface area contributed by atoms with Crippen molar-refractivity contribution in [3.05, 3.63) is 34.9 Å². The van der Waals surface area contributed by atoms with Gasteiger partial charge in [-0.25, -0.2) is 17.6 Å². The number of hydrogen-bond donors (Lipinski definition) is 0. The zero-order chi connectivity index (χ0) is 10.9. The summed E-state index contributed by atoms with van der Waals surface area (Å²) in [6, 6.07) is 0.982. The van der Waals surface area contributed by atoms with E-state index in [2.05, 4.69) is 0 Å². The maximum Gasteiger partial charge on any atom is 0.266 e. The smallest absolute Gasteiger partial charge is 0.266 e. The molecule has 0 saturated carbocycles. The Kier molecular flexibility index (Phi) is 2.88. The van der Waals surface area contributed by atoms with Crippen molar-refractivity contribution in [2.75, 3.05) is 0 Å². The van der Waals surface area contributed by atoms with Gasteiger partial charge in [0, 0.05) is 0 Å². The molecule has 0 amide bonds. The van der Waals surface area contributed by atoms with E-state index in [0.29, 0.717) is 12.1 Å². The van der Waals surface area contributed by atoms with E-state index < -0.39 is 35.0 Å². The number of ketones is 1. The van der Waals surface area contributed by atoms with E-state index in [1.807, 2.05) is 0 Å². The van der Waals surface area contributed by atoms with Gasteiger partial charge in [0.15, 0.2) is 5.78 Å². The number of halogens is 4. The molecule has 1 nitrogen and oxygen atoms in total. The van der Waals surface area contributed by atoms with Crippen LogP contribution in [0.3, 0.4) is 0 Å². The van der Waals surface area contributed by atoms with Crippen molar-refractivity contribution in [1.29, 1.82) is 0 Å². The number of benzene rings is 1. The van der Waals surface area contributed by atoms with E-state index in [0.717, 1.165) is 6.92 Å². The number of Topliss-reactive ketones (excluding diaryl/α,β-unsaturated/α-hetero) is 1. The summed E-state index contributed by atoms with van der Waals surface area (Å²) in [5.74, 6) is -3.19. The lowest BCUT2D eigenvalue weighted by Gasteiger charge is -2.05. The Morgan fingerprint density at radius 1 is 1.29 bits per heavy atom. The van der Waals surface area contributed by atoms with Crippen LogP contribution in [0.5, 0.6) is 0 Å². The van der Waals surface area contributed by atoms with Gasteiger partial charge < -0.3 is 0 Å². The van der Waals surface area contributed by atoms with Crippen LogP contribution >= 0.6 is 0 Å². The van der Waals surface area contributed by atoms with Gasteiger partial charge in [-0.1, -0.05) is 0 Å². The van der Waals surface area contributed by atoms with Crippen LogP contribution in [0.4, 0.5) is 17.6 Å². The summed E-state index contributed by atoms with van der Waals surface area (Å²) in [7, 11) is 0. The molecular weight excluding hydrogens is 200 g/mol. The zero-order valence-electron chi connectivity index (χ0n) is 7.15. The Balaban J connectivity index is 3.40. The van der Waals surface area contributed by atoms with Gasteiger partial charge in [-0.3, -0.25) is 4.79 Å². The zero-order valence-corrected chi connectivity index (χ0v) is 7.15. The molecule has 0 bridgehead atoms. The van der Waals surface area contributed by atoms with Crippen molar-refractivity contribution in [3.63, 3.8) is 0 Å². The summed E-state index contributed by atoms with van der Waals surface area (Å²) >= 11 is 0. The summed E-state index contributed by atoms with van der Waals surface area (Å²) in [5, 5.41) is 0. The maximum absolute atomic E-state index is 13.1. The van der Waals surface area contributed by atoms with E-state index in [4.69, 9.17) is 0 Å². The second-order valence-corrected chi connectivity index (χ2v) is 2.71. The quantitative estimate of drug-likeness (QED) is 0.536. The Bertz CT molecular complexity index is 373. The molecule has 0 unspecified atom stereocenters. The third-order valence-electron chi connectivity index (χ3n) is 1.68. The van der Waals surface area contributed by atoms with Gasteiger partial charge in [0.25, 0.3) is 6.43 Å². The molecule has 76 valence electrons. The second kappa shape index (κ2) is 3.77. The molecule has 1 aromatic rings. The van der Waals surface area contributed by atoms with Crippen LogP contribution in [0.25, 0.3) is 0 Å². The lowest BCUT2D eigenvalue weighted by Crippen LogP contribution is -2.03. The predicted molar refractivity (Wildman–Crippen MR) is 41.3 cm³/mol. The van der Waals surface area contributed by atoms with Crippen LogP contribution in [-0.4, -0.2) is 5.78 Å². The van der Waals surface area contributed by atoms with Crippen LogP contribution in [-0.2, 0) is 0 Å². The first-order valence-corrected chi connectivity index (χ1v) is 3.71. The molecule has 0 fully saturated rings. The molecule has 0 heterocycles. The highest BCUT2D eigenvalue weighted by molar-refractivity contribution is 5.94. The van der Waals surface area contributed by atoms with Crippen molar-refractivity contribution in [1.82, 2.24) is 0 Å². The van der Waals surface area contributed by atoms with E-state index >= 15 is 0 Å². The molecule has 0 atom stereocenters. The first-order valence-electron chi connectivity index (χ1n) is 3.71. The molecule has 0 aliphatic carbocycles. The number of hydrogen-bond acceptors (Lipinski definition) is 1. The van der Waals surface area contributed by atoms with Gasteiger partial charge in [-0.15, -0.1) is 0 Å². The molecule has 0 N–H and O–H groups in total. The number of alkyl halides is 2. The van der Waals surface area contributed by atoms with E-state index in [9.17, 15) is 22.4 Å². The van der Waals surface area contributed by atoms with Crippen molar-refractivity contribution in [3.8, 4) is 0 Å². The van der Waals surface area contributed by atoms with Crippen LogP contribution in [0.15, 0.2) is 12.1 Å². The number of carbonyl (C=O) groups is 1. The van der Waals surface area contributed by atoms with Crippen LogP contribution in [0, 0.1) is 11.6 Å². The number of carbonyl (C=O) groups excluding carboxylic acids is 1. The Morgan fingerprint density at radius 2 is 1.86 bits per heavy atom. The van der Waals surface area contributed by atoms with Gasteiger partial charge in [0.2, 0.25) is 0 Å². The highest BCUT2D eigenvalue weighted by Gasteiger charge is 2.20. The molecule has 1 aromatic carbocycles. The first kappa shape index (κ1) is 10.7. The van der Waals surface area contributed by atoms with Gasteiger partial charge in [-0.05, 0) is 19.1 Å². The highest BCUT2D eigenvalue weighted by Crippen LogP contribution is 2.25. The molecule has 1 rings (SSSR count). The van der Waals surface area contributed by atoms with Gasteiger partial charge in [0.1, 0.15) is 11.6 Å². The predicted octanol–water partition coefficient (Wildman–Crippen LogP) is 3.11. The van der Waals surface area contributed by atoms with Crippen LogP contribution in [0.1, 0.15) is 29.3 Å². The monoisotopic (exact) mass is 206 g/mol. The van der Waals surface area contributed by atoms with Crippen molar-refractivity contribution in [2.45, 2.75) is 13.3 Å². The molecule has 0 aromatic heterocycles. The average molecular weight is 206 g/mol. The summed E-state index contributed by atoms with van der Waals surface area (Å²) in [5.41, 5.74) is -1.74. The Morgan fingerprint density at radius 3 is 2.29 bits per heavy atom. The molecule has 0 aliphatic rings. The van der Waals surface area contributed by atoms with E-state index in [-0.39, 0.29) is 0 Å². The summed E-state index contributed by atoms with van der Waals surface area (Å²) < 4.78 is 50.0. The Hall–Kier alpha value is -1.39. The second-order valence-electron chi connectivity index (χ2n) is 2.71. The van der Waals surface area contributed by atoms with E-state index in [1.54, 1.807) is 0 Å². The fourth-order valence-corrected chi connectivity index (χ4v) is 1.03. The van der Waals surface area contributed by atoms with Crippen molar-refractivity contribution < 1.29 is 22.4 Å². The van der Waals surface area contributed by atoms with Gasteiger partial charge in [-0.2, -0.15) is 0 Å². The Labute approximate surface area is 77.3 Å². The summed E-state index contributed by atoms with van der Waals surface area (Å²) in [4.78, 5) is 10.7. The SMILES string of the molecule is CC(=O)c1cc(F)cc(C(F)F)c1F. The minimum absolute atomic E-state index is 0.381. The molecule has 14 heavy (non-hydrogen) atoms. The molecule has 0 spiro atoms. The average Bonchev–Trinajstić information content (AvgIpc) is 2.07. The number of rotatable bonds is 2. The lowest BCUT2D eigenvalue weighted by molar-refractivity contribution is 0.101. The minimum Gasteiger partial charge on any atom is -0.294 e. The minimum atomic E-state index is -3.14. The van der Waals surface area contributed by atoms with Crippen molar-refractivity contribution in [2.24, 2.45) is 0 Å².